The van der Waals surface area contributed by atoms with E-state index in [4.69, 9.17) is 0 Å². The van der Waals surface area contributed by atoms with Crippen molar-refractivity contribution in [2.75, 3.05) is 14.1 Å². The Hall–Kier alpha value is -0.460. The van der Waals surface area contributed by atoms with Gasteiger partial charge in [0.2, 0.25) is 0 Å². The van der Waals surface area contributed by atoms with Crippen LogP contribution < -0.4 is 0 Å². The number of nitrogens with zero attached hydrogens (tertiary/aromatic N) is 1. The van der Waals surface area contributed by atoms with E-state index < -0.39 is 0 Å². The minimum absolute atomic E-state index is 1.24. The van der Waals surface area contributed by atoms with Gasteiger partial charge >= 0.3 is 0 Å². The summed E-state index contributed by atoms with van der Waals surface area (Å²) in [6, 6.07) is 0. The molecule has 0 aromatic heterocycles. The highest BCUT2D eigenvalue weighted by atomic mass is 15.0. The Labute approximate surface area is 83.8 Å². The lowest BCUT2D eigenvalue weighted by atomic mass is 10.1. The van der Waals surface area contributed by atoms with Gasteiger partial charge in [0, 0.05) is 14.1 Å². The maximum Gasteiger partial charge on any atom is 0.00555 e. The van der Waals surface area contributed by atoms with E-state index >= 15 is 0 Å². The summed E-state index contributed by atoms with van der Waals surface area (Å²) in [6.07, 6.45) is 14.0. The SMILES string of the molecule is CCCCCCCC/C=C/N(C)C. The Balaban J connectivity index is 2.99. The van der Waals surface area contributed by atoms with Crippen LogP contribution in [0.25, 0.3) is 0 Å². The predicted octanol–water partition coefficient (Wildman–Crippen LogP) is 3.81. The monoisotopic (exact) mass is 183 g/mol. The first-order chi connectivity index (χ1) is 6.27. The maximum absolute atomic E-state index is 2.26. The molecule has 0 aromatic rings. The molecule has 0 spiro atoms. The zero-order chi connectivity index (χ0) is 9.94. The highest BCUT2D eigenvalue weighted by Gasteiger charge is 1.87. The number of hydrogen-bond acceptors (Lipinski definition) is 1. The summed E-state index contributed by atoms with van der Waals surface area (Å²) in [6.45, 7) is 2.26. The standard InChI is InChI=1S/C12H25N/c1-4-5-6-7-8-9-10-11-12-13(2)3/h11-12H,4-10H2,1-3H3/b12-11+. The van der Waals surface area contributed by atoms with E-state index in [0.717, 1.165) is 0 Å². The van der Waals surface area contributed by atoms with Gasteiger partial charge in [0.05, 0.1) is 0 Å². The summed E-state index contributed by atoms with van der Waals surface area (Å²) >= 11 is 0. The largest absolute Gasteiger partial charge is 0.384 e. The molecule has 0 radical (unpaired) electrons. The average molecular weight is 183 g/mol. The lowest BCUT2D eigenvalue weighted by Crippen LogP contribution is -1.99. The second-order valence-corrected chi connectivity index (χ2v) is 3.90. The summed E-state index contributed by atoms with van der Waals surface area (Å²) in [5.41, 5.74) is 0. The Kier molecular flexibility index (Phi) is 9.29. The van der Waals surface area contributed by atoms with E-state index in [0.29, 0.717) is 0 Å². The van der Waals surface area contributed by atoms with E-state index in [1.807, 2.05) is 0 Å². The third-order valence-corrected chi connectivity index (χ3v) is 2.13. The fourth-order valence-corrected chi connectivity index (χ4v) is 1.33. The van der Waals surface area contributed by atoms with Crippen LogP contribution in [0.4, 0.5) is 0 Å². The third kappa shape index (κ3) is 11.5. The van der Waals surface area contributed by atoms with E-state index in [2.05, 4.69) is 38.2 Å². The number of rotatable bonds is 8. The highest BCUT2D eigenvalue weighted by Crippen LogP contribution is 2.06. The average Bonchev–Trinajstić information content (AvgIpc) is 2.09. The van der Waals surface area contributed by atoms with Crippen LogP contribution in [0.5, 0.6) is 0 Å². The van der Waals surface area contributed by atoms with E-state index in [1.165, 1.54) is 44.9 Å². The quantitative estimate of drug-likeness (QED) is 0.517. The van der Waals surface area contributed by atoms with Crippen LogP contribution in [0.2, 0.25) is 0 Å². The molecule has 0 rings (SSSR count). The normalized spacial score (nSPS) is 11.0. The van der Waals surface area contributed by atoms with Gasteiger partial charge in [-0.1, -0.05) is 45.1 Å². The molecule has 0 aliphatic rings. The van der Waals surface area contributed by atoms with Crippen molar-refractivity contribution < 1.29 is 0 Å². The summed E-state index contributed by atoms with van der Waals surface area (Å²) < 4.78 is 0. The summed E-state index contributed by atoms with van der Waals surface area (Å²) in [7, 11) is 4.13. The van der Waals surface area contributed by atoms with Crippen molar-refractivity contribution in [1.29, 1.82) is 0 Å². The minimum Gasteiger partial charge on any atom is -0.384 e. The third-order valence-electron chi connectivity index (χ3n) is 2.13. The van der Waals surface area contributed by atoms with Crippen LogP contribution in [0.1, 0.15) is 51.9 Å². The number of allylic oxidation sites excluding steroid dienone is 1. The minimum atomic E-state index is 1.24. The summed E-state index contributed by atoms with van der Waals surface area (Å²) in [5, 5.41) is 0. The topological polar surface area (TPSA) is 3.24 Å². The lowest BCUT2D eigenvalue weighted by molar-refractivity contribution is 0.557. The van der Waals surface area contributed by atoms with Gasteiger partial charge in [0.15, 0.2) is 0 Å². The molecular weight excluding hydrogens is 158 g/mol. The predicted molar refractivity (Wildman–Crippen MR) is 60.8 cm³/mol. The number of hydrogen-bond donors (Lipinski definition) is 0. The van der Waals surface area contributed by atoms with Gasteiger partial charge in [-0.25, -0.2) is 0 Å². The van der Waals surface area contributed by atoms with Crippen molar-refractivity contribution in [1.82, 2.24) is 4.90 Å². The highest BCUT2D eigenvalue weighted by molar-refractivity contribution is 4.78. The molecule has 78 valence electrons. The smallest absolute Gasteiger partial charge is 0.00555 e. The van der Waals surface area contributed by atoms with Crippen LogP contribution in [0.15, 0.2) is 12.3 Å². The molecule has 0 N–H and O–H groups in total. The Morgan fingerprint density at radius 1 is 0.923 bits per heavy atom. The maximum atomic E-state index is 2.26. The Bertz CT molecular complexity index is 116. The first-order valence-corrected chi connectivity index (χ1v) is 5.60. The first-order valence-electron chi connectivity index (χ1n) is 5.60. The zero-order valence-corrected chi connectivity index (χ0v) is 9.55. The van der Waals surface area contributed by atoms with E-state index in [9.17, 15) is 0 Å². The van der Waals surface area contributed by atoms with Gasteiger partial charge < -0.3 is 4.90 Å². The van der Waals surface area contributed by atoms with Gasteiger partial charge in [-0.3, -0.25) is 0 Å². The molecule has 0 aliphatic carbocycles. The second kappa shape index (κ2) is 9.63. The van der Waals surface area contributed by atoms with Crippen molar-refractivity contribution in [3.8, 4) is 0 Å². The molecular formula is C12H25N. The molecule has 1 nitrogen and oxygen atoms in total. The molecule has 0 fully saturated rings. The van der Waals surface area contributed by atoms with Gasteiger partial charge in [0.1, 0.15) is 0 Å². The number of unbranched alkanes of at least 4 members (excludes halogenated alkanes) is 6. The van der Waals surface area contributed by atoms with Gasteiger partial charge in [-0.2, -0.15) is 0 Å². The summed E-state index contributed by atoms with van der Waals surface area (Å²) in [5.74, 6) is 0. The van der Waals surface area contributed by atoms with Crippen molar-refractivity contribution >= 4 is 0 Å². The lowest BCUT2D eigenvalue weighted by Gasteiger charge is -2.02. The van der Waals surface area contributed by atoms with Crippen LogP contribution >= 0.6 is 0 Å². The van der Waals surface area contributed by atoms with E-state index in [-0.39, 0.29) is 0 Å². The fraction of sp³-hybridized carbons (Fsp3) is 0.833. The van der Waals surface area contributed by atoms with Crippen molar-refractivity contribution in [3.63, 3.8) is 0 Å². The Morgan fingerprint density at radius 3 is 2.15 bits per heavy atom. The van der Waals surface area contributed by atoms with Crippen LogP contribution in [-0.2, 0) is 0 Å². The molecule has 0 aliphatic heterocycles. The fourth-order valence-electron chi connectivity index (χ4n) is 1.33. The molecule has 0 unspecified atom stereocenters. The molecule has 0 aromatic carbocycles. The first kappa shape index (κ1) is 12.5. The van der Waals surface area contributed by atoms with Gasteiger partial charge in [0.25, 0.3) is 0 Å². The van der Waals surface area contributed by atoms with E-state index in [1.54, 1.807) is 0 Å². The van der Waals surface area contributed by atoms with Crippen molar-refractivity contribution in [2.24, 2.45) is 0 Å². The van der Waals surface area contributed by atoms with Crippen LogP contribution in [0.3, 0.4) is 0 Å². The molecule has 0 atom stereocenters. The van der Waals surface area contributed by atoms with Crippen molar-refractivity contribution in [2.45, 2.75) is 51.9 Å². The molecule has 0 saturated carbocycles. The second-order valence-electron chi connectivity index (χ2n) is 3.90. The summed E-state index contributed by atoms with van der Waals surface area (Å²) in [4.78, 5) is 2.09. The van der Waals surface area contributed by atoms with Gasteiger partial charge in [-0.15, -0.1) is 0 Å². The molecule has 1 heteroatoms. The molecule has 0 amide bonds. The van der Waals surface area contributed by atoms with Crippen LogP contribution in [0, 0.1) is 0 Å². The molecule has 0 heterocycles. The van der Waals surface area contributed by atoms with Gasteiger partial charge in [-0.05, 0) is 19.0 Å². The molecule has 13 heavy (non-hydrogen) atoms. The molecule has 0 bridgehead atoms. The van der Waals surface area contributed by atoms with Crippen LogP contribution in [-0.4, -0.2) is 19.0 Å². The Morgan fingerprint density at radius 2 is 1.54 bits per heavy atom. The molecule has 0 saturated heterocycles. The van der Waals surface area contributed by atoms with Crippen molar-refractivity contribution in [3.05, 3.63) is 12.3 Å². The zero-order valence-electron chi connectivity index (χ0n) is 9.55.